The second kappa shape index (κ2) is 8.11. The molecule has 0 bridgehead atoms. The molecule has 1 aromatic rings. The van der Waals surface area contributed by atoms with Crippen molar-refractivity contribution in [2.24, 2.45) is 10.9 Å². The number of anilines is 1. The van der Waals surface area contributed by atoms with Crippen LogP contribution < -0.4 is 22.1 Å². The molecule has 0 spiro atoms. The number of thiazole rings is 1. The average molecular weight is 386 g/mol. The molecule has 2 heterocycles. The first kappa shape index (κ1) is 18.9. The van der Waals surface area contributed by atoms with Gasteiger partial charge in [-0.05, 0) is 0 Å². The van der Waals surface area contributed by atoms with Gasteiger partial charge in [-0.3, -0.25) is 9.59 Å². The Labute approximate surface area is 149 Å². The van der Waals surface area contributed by atoms with Gasteiger partial charge in [-0.1, -0.05) is 5.16 Å². The van der Waals surface area contributed by atoms with Crippen LogP contribution in [0.3, 0.4) is 0 Å². The number of rotatable bonds is 8. The number of hydrogen-bond donors (Lipinski definition) is 5. The number of oxime groups is 1. The Balaban J connectivity index is 2.09. The van der Waals surface area contributed by atoms with Crippen molar-refractivity contribution in [2.45, 2.75) is 12.1 Å². The minimum absolute atomic E-state index is 0.0417. The second-order valence-electron chi connectivity index (χ2n) is 4.87. The van der Waals surface area contributed by atoms with Crippen LogP contribution in [0.2, 0.25) is 0 Å². The third-order valence-electron chi connectivity index (χ3n) is 3.03. The van der Waals surface area contributed by atoms with E-state index in [9.17, 15) is 19.2 Å². The number of aromatic nitrogens is 1. The summed E-state index contributed by atoms with van der Waals surface area (Å²) in [7, 11) is 0. The fourth-order valence-corrected chi connectivity index (χ4v) is 2.43. The first-order valence-electron chi connectivity index (χ1n) is 6.94. The van der Waals surface area contributed by atoms with Crippen LogP contribution in [-0.2, 0) is 24.0 Å². The van der Waals surface area contributed by atoms with Crippen molar-refractivity contribution in [2.75, 3.05) is 18.9 Å². The Morgan fingerprint density at radius 1 is 1.46 bits per heavy atom. The normalized spacial score (nSPS) is 19.1. The number of β-lactam (4-membered cyclic amide) rings is 1. The molecule has 2 rings (SSSR count). The molecule has 1 aromatic heterocycles. The lowest BCUT2D eigenvalue weighted by atomic mass is 9.99. The van der Waals surface area contributed by atoms with E-state index in [1.165, 1.54) is 5.38 Å². The summed E-state index contributed by atoms with van der Waals surface area (Å²) >= 11 is 1.02. The van der Waals surface area contributed by atoms with Crippen molar-refractivity contribution >= 4 is 46.1 Å². The summed E-state index contributed by atoms with van der Waals surface area (Å²) in [6, 6.07) is -1.69. The van der Waals surface area contributed by atoms with Gasteiger partial charge in [0, 0.05) is 5.38 Å². The lowest BCUT2D eigenvalue weighted by molar-refractivity contribution is -0.142. The summed E-state index contributed by atoms with van der Waals surface area (Å²) in [4.78, 5) is 53.6. The molecule has 0 aromatic carbocycles. The van der Waals surface area contributed by atoms with Gasteiger partial charge < -0.3 is 36.8 Å². The number of nitrogens with two attached hydrogens (primary N) is 2. The van der Waals surface area contributed by atoms with E-state index in [0.717, 1.165) is 11.3 Å². The summed E-state index contributed by atoms with van der Waals surface area (Å²) in [5.74, 6) is -2.67. The van der Waals surface area contributed by atoms with E-state index in [4.69, 9.17) is 16.6 Å². The van der Waals surface area contributed by atoms with Crippen LogP contribution in [0.4, 0.5) is 9.93 Å². The van der Waals surface area contributed by atoms with Crippen LogP contribution in [0, 0.1) is 0 Å². The SMILES string of the molecule is NC(=O)OC[C@H]1NC(=O)[C@H]1NC(=O)C(=NOCC(=O)O)c1csc(N)n1. The number of hydrogen-bond acceptors (Lipinski definition) is 10. The van der Waals surface area contributed by atoms with Crippen LogP contribution in [0.5, 0.6) is 0 Å². The van der Waals surface area contributed by atoms with E-state index in [-0.39, 0.29) is 23.1 Å². The van der Waals surface area contributed by atoms with E-state index < -0.39 is 42.6 Å². The highest BCUT2D eigenvalue weighted by Crippen LogP contribution is 2.13. The zero-order chi connectivity index (χ0) is 19.3. The van der Waals surface area contributed by atoms with Gasteiger partial charge in [0.15, 0.2) is 10.8 Å². The third kappa shape index (κ3) is 4.79. The molecule has 7 N–H and O–H groups in total. The molecule has 0 saturated carbocycles. The first-order chi connectivity index (χ1) is 12.3. The molecular formula is C12H14N6O7S. The average Bonchev–Trinajstić information content (AvgIpc) is 2.98. The lowest BCUT2D eigenvalue weighted by Gasteiger charge is -2.36. The number of carboxylic acid groups (broad SMARTS) is 1. The topological polar surface area (TPSA) is 208 Å². The van der Waals surface area contributed by atoms with E-state index in [1.54, 1.807) is 0 Å². The fourth-order valence-electron chi connectivity index (χ4n) is 1.88. The Kier molecular flexibility index (Phi) is 5.90. The largest absolute Gasteiger partial charge is 0.479 e. The molecule has 0 aliphatic carbocycles. The summed E-state index contributed by atoms with van der Waals surface area (Å²) in [6.45, 7) is -1.02. The standard InChI is InChI=1S/C12H14N6O7S/c13-11-16-5(3-26-11)8(18-25-2-6(19)20)10(22)17-7-4(15-9(7)21)1-24-12(14)23/h3-4,7H,1-2H2,(H2,13,16)(H2,14,23)(H,15,21)(H,17,22)(H,19,20)/t4-,7+/m1/s1. The number of amides is 3. The number of primary amides is 1. The Bertz CT molecular complexity index is 763. The number of nitrogen functional groups attached to an aromatic ring is 1. The fraction of sp³-hybridized carbons (Fsp3) is 0.333. The van der Waals surface area contributed by atoms with E-state index in [2.05, 4.69) is 30.3 Å². The van der Waals surface area contributed by atoms with Gasteiger partial charge in [-0.25, -0.2) is 14.6 Å². The van der Waals surface area contributed by atoms with E-state index >= 15 is 0 Å². The van der Waals surface area contributed by atoms with Crippen LogP contribution in [0.1, 0.15) is 5.69 Å². The molecule has 1 fully saturated rings. The number of carbonyl (C=O) groups excluding carboxylic acids is 3. The van der Waals surface area contributed by atoms with Crippen LogP contribution >= 0.6 is 11.3 Å². The van der Waals surface area contributed by atoms with Crippen molar-refractivity contribution in [3.05, 3.63) is 11.1 Å². The summed E-state index contributed by atoms with van der Waals surface area (Å²) in [5, 5.41) is 18.4. The van der Waals surface area contributed by atoms with Gasteiger partial charge in [0.1, 0.15) is 18.3 Å². The maximum absolute atomic E-state index is 12.4. The molecule has 1 saturated heterocycles. The zero-order valence-corrected chi connectivity index (χ0v) is 13.8. The smallest absolute Gasteiger partial charge is 0.404 e. The zero-order valence-electron chi connectivity index (χ0n) is 13.0. The van der Waals surface area contributed by atoms with Crippen molar-refractivity contribution in [1.29, 1.82) is 0 Å². The van der Waals surface area contributed by atoms with E-state index in [0.29, 0.717) is 0 Å². The van der Waals surface area contributed by atoms with Crippen molar-refractivity contribution < 1.29 is 33.9 Å². The van der Waals surface area contributed by atoms with Gasteiger partial charge in [0.2, 0.25) is 12.5 Å². The third-order valence-corrected chi connectivity index (χ3v) is 3.70. The predicted octanol–water partition coefficient (Wildman–Crippen LogP) is -2.39. The number of nitrogens with one attached hydrogen (secondary N) is 2. The Morgan fingerprint density at radius 2 is 2.19 bits per heavy atom. The van der Waals surface area contributed by atoms with Crippen molar-refractivity contribution in [3.8, 4) is 0 Å². The quantitative estimate of drug-likeness (QED) is 0.183. The van der Waals surface area contributed by atoms with Crippen LogP contribution in [0.15, 0.2) is 10.5 Å². The van der Waals surface area contributed by atoms with Gasteiger partial charge >= 0.3 is 12.1 Å². The number of carbonyl (C=O) groups is 4. The van der Waals surface area contributed by atoms with Gasteiger partial charge in [0.25, 0.3) is 5.91 Å². The first-order valence-corrected chi connectivity index (χ1v) is 7.82. The van der Waals surface area contributed by atoms with Crippen LogP contribution in [-0.4, -0.2) is 65.0 Å². The van der Waals surface area contributed by atoms with Crippen molar-refractivity contribution in [3.63, 3.8) is 0 Å². The molecule has 3 amide bonds. The monoisotopic (exact) mass is 386 g/mol. The lowest BCUT2D eigenvalue weighted by Crippen LogP contribution is -2.71. The van der Waals surface area contributed by atoms with Crippen LogP contribution in [0.25, 0.3) is 0 Å². The summed E-state index contributed by atoms with van der Waals surface area (Å²) in [5.41, 5.74) is 10.0. The Morgan fingerprint density at radius 3 is 2.73 bits per heavy atom. The highest BCUT2D eigenvalue weighted by Gasteiger charge is 2.42. The molecule has 140 valence electrons. The molecule has 0 unspecified atom stereocenters. The minimum atomic E-state index is -1.30. The highest BCUT2D eigenvalue weighted by molar-refractivity contribution is 7.13. The minimum Gasteiger partial charge on any atom is -0.479 e. The molecule has 1 aliphatic heterocycles. The number of carboxylic acids is 1. The number of ether oxygens (including phenoxy) is 1. The molecule has 2 atom stereocenters. The van der Waals surface area contributed by atoms with E-state index in [1.807, 2.05) is 0 Å². The van der Waals surface area contributed by atoms with Gasteiger partial charge in [-0.2, -0.15) is 0 Å². The second-order valence-corrected chi connectivity index (χ2v) is 5.76. The van der Waals surface area contributed by atoms with Crippen molar-refractivity contribution in [1.82, 2.24) is 15.6 Å². The predicted molar refractivity (Wildman–Crippen MR) is 86.0 cm³/mol. The van der Waals surface area contributed by atoms with Gasteiger partial charge in [-0.15, -0.1) is 11.3 Å². The molecule has 1 aliphatic rings. The maximum atomic E-state index is 12.4. The maximum Gasteiger partial charge on any atom is 0.404 e. The Hall–Kier alpha value is -3.42. The molecule has 0 radical (unpaired) electrons. The molecule has 14 heteroatoms. The highest BCUT2D eigenvalue weighted by atomic mass is 32.1. The van der Waals surface area contributed by atoms with Gasteiger partial charge in [0.05, 0.1) is 6.04 Å². The summed E-state index contributed by atoms with van der Waals surface area (Å²) < 4.78 is 4.57. The molecular weight excluding hydrogens is 372 g/mol. The number of aliphatic carboxylic acids is 1. The molecule has 26 heavy (non-hydrogen) atoms. The molecule has 13 nitrogen and oxygen atoms in total. The number of nitrogens with zero attached hydrogens (tertiary/aromatic N) is 2. The summed E-state index contributed by atoms with van der Waals surface area (Å²) in [6.07, 6.45) is -1.03.